The van der Waals surface area contributed by atoms with Crippen molar-refractivity contribution in [2.45, 2.75) is 94.9 Å². The van der Waals surface area contributed by atoms with E-state index in [2.05, 4.69) is 12.2 Å². The lowest BCUT2D eigenvalue weighted by atomic mass is 9.91. The fourth-order valence-electron chi connectivity index (χ4n) is 5.26. The summed E-state index contributed by atoms with van der Waals surface area (Å²) in [5.41, 5.74) is 0.584. The first kappa shape index (κ1) is 30.8. The van der Waals surface area contributed by atoms with Gasteiger partial charge in [-0.25, -0.2) is 4.79 Å². The van der Waals surface area contributed by atoms with E-state index in [0.717, 1.165) is 37.7 Å². The average Bonchev–Trinajstić information content (AvgIpc) is 3.38. The third kappa shape index (κ3) is 7.92. The van der Waals surface area contributed by atoms with Gasteiger partial charge in [0.1, 0.15) is 36.5 Å². The van der Waals surface area contributed by atoms with Crippen LogP contribution >= 0.6 is 11.8 Å². The maximum atomic E-state index is 13.1. The highest BCUT2D eigenvalue weighted by molar-refractivity contribution is 7.99. The second kappa shape index (κ2) is 14.6. The van der Waals surface area contributed by atoms with Gasteiger partial charge < -0.3 is 34.8 Å². The number of aliphatic hydroxyl groups excluding tert-OH is 3. The van der Waals surface area contributed by atoms with Crippen molar-refractivity contribution in [3.8, 4) is 0 Å². The molecule has 1 saturated carbocycles. The number of aryl methyl sites for hydroxylation is 1. The van der Waals surface area contributed by atoms with E-state index in [9.17, 15) is 24.9 Å². The van der Waals surface area contributed by atoms with E-state index >= 15 is 0 Å². The number of hydrogen-bond donors (Lipinski definition) is 4. The van der Waals surface area contributed by atoms with Crippen molar-refractivity contribution in [3.63, 3.8) is 0 Å². The number of rotatable bonds is 12. The number of hydrogen-bond acceptors (Lipinski definition) is 9. The summed E-state index contributed by atoms with van der Waals surface area (Å²) in [6.07, 6.45) is -0.921. The molecule has 214 valence electrons. The number of nitrogens with one attached hydrogen (secondary N) is 1. The molecule has 4 N–H and O–H groups in total. The van der Waals surface area contributed by atoms with E-state index in [0.29, 0.717) is 17.2 Å². The summed E-state index contributed by atoms with van der Waals surface area (Å²) in [4.78, 5) is 25.4. The molecule has 0 spiro atoms. The van der Waals surface area contributed by atoms with Gasteiger partial charge in [-0.1, -0.05) is 37.5 Å². The SMILES string of the molecule is CCC[C@H]1CC[C@H](C(=O)N[C@@H]([C@H]2O[C@H](SCCOC(=O)c3ccc(C)cc3)[C@H](O)[C@@H](O)[C@H]2O)[C@@H](C)OC)C1. The van der Waals surface area contributed by atoms with Crippen molar-refractivity contribution in [3.05, 3.63) is 35.4 Å². The first-order valence-corrected chi connectivity index (χ1v) is 14.6. The lowest BCUT2D eigenvalue weighted by molar-refractivity contribution is -0.212. The fourth-order valence-corrected chi connectivity index (χ4v) is 6.24. The van der Waals surface area contributed by atoms with Crippen molar-refractivity contribution < 1.29 is 39.1 Å². The lowest BCUT2D eigenvalue weighted by Gasteiger charge is -2.44. The van der Waals surface area contributed by atoms with Crippen molar-refractivity contribution in [2.75, 3.05) is 19.5 Å². The minimum absolute atomic E-state index is 0.0719. The molecule has 1 amide bonds. The molecule has 0 bridgehead atoms. The first-order chi connectivity index (χ1) is 18.2. The Morgan fingerprint density at radius 1 is 1.13 bits per heavy atom. The molecule has 0 radical (unpaired) electrons. The summed E-state index contributed by atoms with van der Waals surface area (Å²) in [6, 6.07) is 6.31. The molecule has 1 aliphatic heterocycles. The number of carbonyl (C=O) groups excluding carboxylic acids is 2. The Morgan fingerprint density at radius 3 is 2.50 bits per heavy atom. The van der Waals surface area contributed by atoms with Crippen LogP contribution in [0.4, 0.5) is 0 Å². The van der Waals surface area contributed by atoms with E-state index < -0.39 is 48.0 Å². The van der Waals surface area contributed by atoms with Gasteiger partial charge in [0, 0.05) is 18.8 Å². The molecule has 3 rings (SSSR count). The van der Waals surface area contributed by atoms with Gasteiger partial charge in [0.25, 0.3) is 0 Å². The summed E-state index contributed by atoms with van der Waals surface area (Å²) in [6.45, 7) is 5.91. The van der Waals surface area contributed by atoms with E-state index in [-0.39, 0.29) is 18.4 Å². The maximum absolute atomic E-state index is 13.1. The van der Waals surface area contributed by atoms with E-state index in [1.807, 2.05) is 19.1 Å². The van der Waals surface area contributed by atoms with Crippen LogP contribution in [0.1, 0.15) is 61.9 Å². The van der Waals surface area contributed by atoms with E-state index in [1.165, 1.54) is 18.9 Å². The number of ether oxygens (including phenoxy) is 3. The molecule has 10 heteroatoms. The molecular weight excluding hydrogens is 510 g/mol. The molecule has 1 aromatic rings. The third-order valence-corrected chi connectivity index (χ3v) is 8.76. The van der Waals surface area contributed by atoms with Gasteiger partial charge in [-0.15, -0.1) is 11.8 Å². The Morgan fingerprint density at radius 2 is 1.84 bits per heavy atom. The van der Waals surface area contributed by atoms with Gasteiger partial charge in [0.05, 0.1) is 17.7 Å². The molecule has 9 nitrogen and oxygen atoms in total. The molecule has 1 heterocycles. The number of amides is 1. The Labute approximate surface area is 229 Å². The molecule has 0 unspecified atom stereocenters. The van der Waals surface area contributed by atoms with Gasteiger partial charge in [0.15, 0.2) is 0 Å². The van der Waals surface area contributed by atoms with Crippen LogP contribution in [0.5, 0.6) is 0 Å². The monoisotopic (exact) mass is 553 g/mol. The van der Waals surface area contributed by atoms with Crippen LogP contribution in [0.2, 0.25) is 0 Å². The van der Waals surface area contributed by atoms with E-state index in [4.69, 9.17) is 14.2 Å². The molecule has 1 saturated heterocycles. The van der Waals surface area contributed by atoms with Gasteiger partial charge in [-0.2, -0.15) is 0 Å². The average molecular weight is 554 g/mol. The van der Waals surface area contributed by atoms with Gasteiger partial charge in [-0.05, 0) is 51.2 Å². The maximum Gasteiger partial charge on any atom is 0.338 e. The Hall–Kier alpha value is -1.69. The largest absolute Gasteiger partial charge is 0.461 e. The molecule has 9 atom stereocenters. The number of methoxy groups -OCH3 is 1. The zero-order chi connectivity index (χ0) is 27.8. The standard InChI is InChI=1S/C28H43NO8S/c1-5-6-18-9-12-20(15-18)26(33)29-21(17(3)35-4)25-23(31)22(30)24(32)28(37-25)38-14-13-36-27(34)19-10-7-16(2)8-11-19/h7-8,10-11,17-18,20-25,28,30-32H,5-6,9,12-15H2,1-4H3,(H,29,33)/t17-,18+,20+,21-,22+,23-,24-,25-,28-/m1/s1. The van der Waals surface area contributed by atoms with Gasteiger partial charge >= 0.3 is 5.97 Å². The zero-order valence-electron chi connectivity index (χ0n) is 22.7. The highest BCUT2D eigenvalue weighted by Crippen LogP contribution is 2.35. The summed E-state index contributed by atoms with van der Waals surface area (Å²) < 4.78 is 16.9. The van der Waals surface area contributed by atoms with Gasteiger partial charge in [0.2, 0.25) is 5.91 Å². The smallest absolute Gasteiger partial charge is 0.338 e. The predicted molar refractivity (Wildman–Crippen MR) is 145 cm³/mol. The summed E-state index contributed by atoms with van der Waals surface area (Å²) in [5.74, 6) is 0.174. The molecule has 1 aromatic carbocycles. The third-order valence-electron chi connectivity index (χ3n) is 7.64. The minimum Gasteiger partial charge on any atom is -0.461 e. The highest BCUT2D eigenvalue weighted by Gasteiger charge is 2.48. The molecule has 1 aliphatic carbocycles. The summed E-state index contributed by atoms with van der Waals surface area (Å²) in [7, 11) is 1.51. The summed E-state index contributed by atoms with van der Waals surface area (Å²) >= 11 is 1.17. The van der Waals surface area contributed by atoms with Crippen LogP contribution < -0.4 is 5.32 Å². The predicted octanol–water partition coefficient (Wildman–Crippen LogP) is 2.43. The first-order valence-electron chi connectivity index (χ1n) is 13.5. The van der Waals surface area contributed by atoms with Crippen molar-refractivity contribution in [2.24, 2.45) is 11.8 Å². The lowest BCUT2D eigenvalue weighted by Crippen LogP contribution is -2.65. The second-order valence-electron chi connectivity index (χ2n) is 10.5. The van der Waals surface area contributed by atoms with Crippen molar-refractivity contribution >= 4 is 23.6 Å². The normalized spacial score (nSPS) is 31.0. The second-order valence-corrected chi connectivity index (χ2v) is 11.7. The minimum atomic E-state index is -1.48. The van der Waals surface area contributed by atoms with Crippen LogP contribution in [0.3, 0.4) is 0 Å². The number of esters is 1. The zero-order valence-corrected chi connectivity index (χ0v) is 23.6. The summed E-state index contributed by atoms with van der Waals surface area (Å²) in [5, 5.41) is 35.0. The van der Waals surface area contributed by atoms with Crippen LogP contribution in [-0.4, -0.2) is 88.7 Å². The Balaban J connectivity index is 1.59. The number of carbonyl (C=O) groups is 2. The molecule has 38 heavy (non-hydrogen) atoms. The van der Waals surface area contributed by atoms with Crippen LogP contribution in [0, 0.1) is 18.8 Å². The number of benzene rings is 1. The topological polar surface area (TPSA) is 135 Å². The fraction of sp³-hybridized carbons (Fsp3) is 0.714. The molecule has 2 aliphatic rings. The molecule has 2 fully saturated rings. The van der Waals surface area contributed by atoms with Crippen LogP contribution in [0.15, 0.2) is 24.3 Å². The Bertz CT molecular complexity index is 899. The number of aliphatic hydroxyl groups is 3. The van der Waals surface area contributed by atoms with Crippen molar-refractivity contribution in [1.82, 2.24) is 5.32 Å². The highest BCUT2D eigenvalue weighted by atomic mass is 32.2. The molecule has 0 aromatic heterocycles. The molecular formula is C28H43NO8S. The van der Waals surface area contributed by atoms with Crippen LogP contribution in [0.25, 0.3) is 0 Å². The van der Waals surface area contributed by atoms with Gasteiger partial charge in [-0.3, -0.25) is 4.79 Å². The quantitative estimate of drug-likeness (QED) is 0.227. The van der Waals surface area contributed by atoms with Crippen LogP contribution in [-0.2, 0) is 19.0 Å². The van der Waals surface area contributed by atoms with Crippen molar-refractivity contribution in [1.29, 1.82) is 0 Å². The number of thioether (sulfide) groups is 1. The Kier molecular flexibility index (Phi) is 11.9. The van der Waals surface area contributed by atoms with E-state index in [1.54, 1.807) is 19.1 Å².